The molecule has 18 heavy (non-hydrogen) atoms. The molecule has 0 bridgehead atoms. The van der Waals surface area contributed by atoms with Crippen LogP contribution in [0.5, 0.6) is 0 Å². The number of rotatable bonds is 7. The molecule has 0 aliphatic rings. The molecule has 0 amide bonds. The van der Waals surface area contributed by atoms with E-state index in [0.29, 0.717) is 19.0 Å². The fourth-order valence-corrected chi connectivity index (χ4v) is 2.30. The lowest BCUT2D eigenvalue weighted by Gasteiger charge is -2.26. The topological polar surface area (TPSA) is 35.5 Å². The first-order valence-corrected chi connectivity index (χ1v) is 9.93. The number of carbonyl (C=O) groups excluding carboxylic acids is 1. The fraction of sp³-hybridized carbons (Fsp3) is 0.786. The molecule has 0 saturated carbocycles. The molecule has 0 radical (unpaired) electrons. The van der Waals surface area contributed by atoms with Gasteiger partial charge in [-0.1, -0.05) is 13.8 Å². The van der Waals surface area contributed by atoms with Crippen LogP contribution in [0.3, 0.4) is 0 Å². The van der Waals surface area contributed by atoms with Gasteiger partial charge >= 0.3 is 0 Å². The summed E-state index contributed by atoms with van der Waals surface area (Å²) in [5, 5.41) is 0. The molecular formula is C14H28O3Si. The number of carbonyl (C=O) groups is 1. The van der Waals surface area contributed by atoms with Crippen molar-refractivity contribution in [2.45, 2.75) is 60.7 Å². The molecule has 0 heterocycles. The Morgan fingerprint density at radius 3 is 2.00 bits per heavy atom. The monoisotopic (exact) mass is 272 g/mol. The van der Waals surface area contributed by atoms with Crippen molar-refractivity contribution in [3.8, 4) is 0 Å². The van der Waals surface area contributed by atoms with E-state index in [4.69, 9.17) is 9.16 Å². The van der Waals surface area contributed by atoms with Gasteiger partial charge in [0.25, 0.3) is 5.95 Å². The molecule has 0 unspecified atom stereocenters. The quantitative estimate of drug-likeness (QED) is 0.517. The maximum atomic E-state index is 11.6. The number of hydrogen-bond acceptors (Lipinski definition) is 3. The minimum absolute atomic E-state index is 0.186. The zero-order chi connectivity index (χ0) is 14.6. The van der Waals surface area contributed by atoms with Gasteiger partial charge in [0.2, 0.25) is 8.32 Å². The first kappa shape index (κ1) is 17.2. The molecule has 0 aromatic heterocycles. The van der Waals surface area contributed by atoms with Crippen LogP contribution in [0, 0.1) is 5.41 Å². The SMILES string of the molecule is CCO/C(O[Si](C)(C)C)=C(\C)CC(C)(C)C(C)=O. The Morgan fingerprint density at radius 2 is 1.67 bits per heavy atom. The number of Topliss-reactive ketones (excluding diaryl/α,β-unsaturated/α-hetero) is 1. The molecule has 0 rings (SSSR count). The molecule has 3 nitrogen and oxygen atoms in total. The third-order valence-corrected chi connectivity index (χ3v) is 3.48. The molecule has 0 spiro atoms. The van der Waals surface area contributed by atoms with E-state index in [1.54, 1.807) is 6.92 Å². The largest absolute Gasteiger partial charge is 0.520 e. The summed E-state index contributed by atoms with van der Waals surface area (Å²) < 4.78 is 11.5. The highest BCUT2D eigenvalue weighted by Crippen LogP contribution is 2.29. The van der Waals surface area contributed by atoms with Crippen LogP contribution in [-0.4, -0.2) is 20.7 Å². The van der Waals surface area contributed by atoms with Gasteiger partial charge in [0.1, 0.15) is 5.78 Å². The second kappa shape index (κ2) is 6.41. The standard InChI is InChI=1S/C14H28O3Si/c1-9-16-13(17-18(6,7)8)11(2)10-14(4,5)12(3)15/h9-10H2,1-8H3/b13-11-. The summed E-state index contributed by atoms with van der Waals surface area (Å²) in [6.07, 6.45) is 0.669. The molecule has 0 aliphatic carbocycles. The van der Waals surface area contributed by atoms with Crippen LogP contribution in [0.4, 0.5) is 0 Å². The molecule has 0 fully saturated rings. The van der Waals surface area contributed by atoms with Crippen LogP contribution in [0.25, 0.3) is 0 Å². The van der Waals surface area contributed by atoms with E-state index in [-0.39, 0.29) is 11.2 Å². The normalized spacial score (nSPS) is 14.0. The Hall–Kier alpha value is -0.773. The number of ketones is 1. The predicted octanol–water partition coefficient (Wildman–Crippen LogP) is 4.11. The average Bonchev–Trinajstić information content (AvgIpc) is 2.13. The van der Waals surface area contributed by atoms with Gasteiger partial charge in [0.05, 0.1) is 6.61 Å². The van der Waals surface area contributed by atoms with Gasteiger partial charge < -0.3 is 9.16 Å². The second-order valence-electron chi connectivity index (χ2n) is 6.33. The molecule has 0 saturated heterocycles. The fourth-order valence-electron chi connectivity index (χ4n) is 1.51. The Morgan fingerprint density at radius 1 is 1.17 bits per heavy atom. The maximum Gasteiger partial charge on any atom is 0.264 e. The number of ether oxygens (including phenoxy) is 1. The van der Waals surface area contributed by atoms with Crippen LogP contribution in [0.15, 0.2) is 11.5 Å². The lowest BCUT2D eigenvalue weighted by atomic mass is 9.83. The Bertz CT molecular complexity index is 324. The number of hydrogen-bond donors (Lipinski definition) is 0. The van der Waals surface area contributed by atoms with Crippen molar-refractivity contribution in [1.82, 2.24) is 0 Å². The molecule has 0 aromatic carbocycles. The minimum Gasteiger partial charge on any atom is -0.520 e. The van der Waals surface area contributed by atoms with E-state index in [1.165, 1.54) is 0 Å². The van der Waals surface area contributed by atoms with Crippen molar-refractivity contribution < 1.29 is 14.0 Å². The smallest absolute Gasteiger partial charge is 0.264 e. The zero-order valence-electron chi connectivity index (χ0n) is 13.1. The van der Waals surface area contributed by atoms with Crippen molar-refractivity contribution >= 4 is 14.1 Å². The van der Waals surface area contributed by atoms with E-state index < -0.39 is 8.32 Å². The van der Waals surface area contributed by atoms with Gasteiger partial charge in [0, 0.05) is 11.0 Å². The summed E-state index contributed by atoms with van der Waals surface area (Å²) in [5.74, 6) is 0.802. The van der Waals surface area contributed by atoms with Crippen molar-refractivity contribution in [1.29, 1.82) is 0 Å². The van der Waals surface area contributed by atoms with Crippen molar-refractivity contribution in [2.75, 3.05) is 6.61 Å². The molecule has 0 atom stereocenters. The molecule has 0 aromatic rings. The van der Waals surface area contributed by atoms with E-state index in [9.17, 15) is 4.79 Å². The highest BCUT2D eigenvalue weighted by Gasteiger charge is 2.27. The zero-order valence-corrected chi connectivity index (χ0v) is 14.1. The minimum atomic E-state index is -1.69. The number of allylic oxidation sites excluding steroid dienone is 1. The van der Waals surface area contributed by atoms with Gasteiger partial charge in [-0.3, -0.25) is 4.79 Å². The van der Waals surface area contributed by atoms with Crippen LogP contribution >= 0.6 is 0 Å². The molecular weight excluding hydrogens is 244 g/mol. The average molecular weight is 272 g/mol. The summed E-state index contributed by atoms with van der Waals surface area (Å²) in [6.45, 7) is 16.4. The van der Waals surface area contributed by atoms with Crippen LogP contribution in [0.1, 0.15) is 41.0 Å². The third kappa shape index (κ3) is 6.24. The van der Waals surface area contributed by atoms with Crippen molar-refractivity contribution in [3.05, 3.63) is 11.5 Å². The van der Waals surface area contributed by atoms with Gasteiger partial charge in [-0.25, -0.2) is 0 Å². The Kier molecular flexibility index (Phi) is 6.13. The highest BCUT2D eigenvalue weighted by molar-refractivity contribution is 6.70. The van der Waals surface area contributed by atoms with E-state index >= 15 is 0 Å². The van der Waals surface area contributed by atoms with Crippen LogP contribution < -0.4 is 0 Å². The Balaban J connectivity index is 5.04. The summed E-state index contributed by atoms with van der Waals surface area (Å²) in [5.41, 5.74) is 0.648. The molecule has 0 N–H and O–H groups in total. The van der Waals surface area contributed by atoms with E-state index in [0.717, 1.165) is 5.57 Å². The highest BCUT2D eigenvalue weighted by atomic mass is 28.4. The summed E-state index contributed by atoms with van der Waals surface area (Å²) in [4.78, 5) is 11.6. The first-order valence-electron chi connectivity index (χ1n) is 6.52. The van der Waals surface area contributed by atoms with Gasteiger partial charge in [-0.05, 0) is 46.8 Å². The van der Waals surface area contributed by atoms with Gasteiger partial charge in [-0.2, -0.15) is 0 Å². The third-order valence-electron chi connectivity index (χ3n) is 2.68. The summed E-state index contributed by atoms with van der Waals surface area (Å²) in [6, 6.07) is 0. The summed E-state index contributed by atoms with van der Waals surface area (Å²) >= 11 is 0. The summed E-state index contributed by atoms with van der Waals surface area (Å²) in [7, 11) is -1.69. The second-order valence-corrected chi connectivity index (χ2v) is 10.8. The van der Waals surface area contributed by atoms with Gasteiger partial charge in [-0.15, -0.1) is 0 Å². The maximum absolute atomic E-state index is 11.6. The molecule has 106 valence electrons. The van der Waals surface area contributed by atoms with Crippen molar-refractivity contribution in [3.63, 3.8) is 0 Å². The Labute approximate surface area is 113 Å². The predicted molar refractivity (Wildman–Crippen MR) is 77.8 cm³/mol. The van der Waals surface area contributed by atoms with Crippen LogP contribution in [-0.2, 0) is 14.0 Å². The van der Waals surface area contributed by atoms with Crippen molar-refractivity contribution in [2.24, 2.45) is 5.41 Å². The van der Waals surface area contributed by atoms with E-state index in [2.05, 4.69) is 19.6 Å². The lowest BCUT2D eigenvalue weighted by molar-refractivity contribution is -0.124. The van der Waals surface area contributed by atoms with E-state index in [1.807, 2.05) is 27.7 Å². The first-order chi connectivity index (χ1) is 7.99. The van der Waals surface area contributed by atoms with Gasteiger partial charge in [0.15, 0.2) is 0 Å². The molecule has 0 aliphatic heterocycles. The lowest BCUT2D eigenvalue weighted by Crippen LogP contribution is -2.27. The molecule has 4 heteroatoms. The van der Waals surface area contributed by atoms with Crippen LogP contribution in [0.2, 0.25) is 19.6 Å².